The van der Waals surface area contributed by atoms with Gasteiger partial charge in [0.25, 0.3) is 0 Å². The quantitative estimate of drug-likeness (QED) is 0.781. The molecule has 0 aliphatic rings. The highest BCUT2D eigenvalue weighted by Gasteiger charge is 2.13. The zero-order chi connectivity index (χ0) is 12.2. The minimum absolute atomic E-state index is 0.203. The Morgan fingerprint density at radius 2 is 2.19 bits per heavy atom. The normalized spacial score (nSPS) is 11.5. The van der Waals surface area contributed by atoms with Crippen molar-refractivity contribution in [2.45, 2.75) is 46.1 Å². The molecule has 1 aromatic heterocycles. The van der Waals surface area contributed by atoms with Crippen molar-refractivity contribution in [3.05, 3.63) is 11.7 Å². The molecule has 0 aliphatic carbocycles. The summed E-state index contributed by atoms with van der Waals surface area (Å²) in [6, 6.07) is 0. The summed E-state index contributed by atoms with van der Waals surface area (Å²) in [7, 11) is 0. The Balaban J connectivity index is 2.25. The molecule has 1 heterocycles. The largest absolute Gasteiger partial charge is 0.339 e. The maximum absolute atomic E-state index is 11.3. The molecule has 1 N–H and O–H groups in total. The molecular formula is C10H17N3O3. The van der Waals surface area contributed by atoms with Gasteiger partial charge in [-0.1, -0.05) is 5.16 Å². The SMILES string of the molecule is Cc1noc(CCC(=O)NOC(C)(C)C)n1. The lowest BCUT2D eigenvalue weighted by atomic mass is 10.2. The minimum Gasteiger partial charge on any atom is -0.339 e. The van der Waals surface area contributed by atoms with Crippen LogP contribution in [0.25, 0.3) is 0 Å². The van der Waals surface area contributed by atoms with Crippen LogP contribution in [0.4, 0.5) is 0 Å². The molecule has 0 atom stereocenters. The van der Waals surface area contributed by atoms with Crippen molar-refractivity contribution in [3.8, 4) is 0 Å². The number of rotatable bonds is 4. The Hall–Kier alpha value is -1.43. The molecule has 90 valence electrons. The average Bonchev–Trinajstić information content (AvgIpc) is 2.57. The molecule has 0 spiro atoms. The third-order valence-electron chi connectivity index (χ3n) is 1.61. The molecule has 1 aromatic rings. The summed E-state index contributed by atoms with van der Waals surface area (Å²) >= 11 is 0. The van der Waals surface area contributed by atoms with E-state index in [-0.39, 0.29) is 12.3 Å². The molecule has 0 radical (unpaired) electrons. The Morgan fingerprint density at radius 1 is 1.50 bits per heavy atom. The molecule has 0 bridgehead atoms. The highest BCUT2D eigenvalue weighted by atomic mass is 16.7. The number of nitrogens with one attached hydrogen (secondary N) is 1. The van der Waals surface area contributed by atoms with Crippen LogP contribution >= 0.6 is 0 Å². The van der Waals surface area contributed by atoms with Gasteiger partial charge >= 0.3 is 0 Å². The van der Waals surface area contributed by atoms with Crippen molar-refractivity contribution < 1.29 is 14.2 Å². The molecule has 0 saturated carbocycles. The monoisotopic (exact) mass is 227 g/mol. The maximum atomic E-state index is 11.3. The number of nitrogens with zero attached hydrogens (tertiary/aromatic N) is 2. The van der Waals surface area contributed by atoms with Gasteiger partial charge in [-0.25, -0.2) is 5.48 Å². The van der Waals surface area contributed by atoms with Crippen molar-refractivity contribution in [3.63, 3.8) is 0 Å². The highest BCUT2D eigenvalue weighted by molar-refractivity contribution is 5.74. The van der Waals surface area contributed by atoms with E-state index in [4.69, 9.17) is 9.36 Å². The maximum Gasteiger partial charge on any atom is 0.244 e. The molecule has 0 aromatic carbocycles. The van der Waals surface area contributed by atoms with Gasteiger partial charge in [0.1, 0.15) is 0 Å². The molecule has 16 heavy (non-hydrogen) atoms. The van der Waals surface area contributed by atoms with Crippen LogP contribution in [-0.4, -0.2) is 21.6 Å². The molecule has 6 heteroatoms. The van der Waals surface area contributed by atoms with Gasteiger partial charge in [0.15, 0.2) is 5.82 Å². The fraction of sp³-hybridized carbons (Fsp3) is 0.700. The molecule has 0 saturated heterocycles. The average molecular weight is 227 g/mol. The van der Waals surface area contributed by atoms with Crippen LogP contribution in [0.2, 0.25) is 0 Å². The van der Waals surface area contributed by atoms with Crippen LogP contribution in [0.5, 0.6) is 0 Å². The van der Waals surface area contributed by atoms with Gasteiger partial charge in [0, 0.05) is 12.8 Å². The molecule has 0 aliphatic heterocycles. The lowest BCUT2D eigenvalue weighted by Gasteiger charge is -2.18. The first kappa shape index (κ1) is 12.6. The third-order valence-corrected chi connectivity index (χ3v) is 1.61. The standard InChI is InChI=1S/C10H17N3O3/c1-7-11-9(15-12-7)6-5-8(14)13-16-10(2,3)4/h5-6H2,1-4H3,(H,13,14). The van der Waals surface area contributed by atoms with Crippen LogP contribution in [0.3, 0.4) is 0 Å². The van der Waals surface area contributed by atoms with Crippen LogP contribution in [0, 0.1) is 6.92 Å². The van der Waals surface area contributed by atoms with Crippen LogP contribution < -0.4 is 5.48 Å². The number of carbonyl (C=O) groups excluding carboxylic acids is 1. The van der Waals surface area contributed by atoms with Gasteiger partial charge in [0.05, 0.1) is 5.60 Å². The van der Waals surface area contributed by atoms with E-state index in [1.807, 2.05) is 20.8 Å². The number of carbonyl (C=O) groups is 1. The summed E-state index contributed by atoms with van der Waals surface area (Å²) in [6.45, 7) is 7.30. The van der Waals surface area contributed by atoms with E-state index in [2.05, 4.69) is 15.6 Å². The van der Waals surface area contributed by atoms with Crippen LogP contribution in [0.15, 0.2) is 4.52 Å². The second-order valence-corrected chi connectivity index (χ2v) is 4.48. The van der Waals surface area contributed by atoms with Crippen molar-refractivity contribution in [2.75, 3.05) is 0 Å². The van der Waals surface area contributed by atoms with E-state index >= 15 is 0 Å². The van der Waals surface area contributed by atoms with E-state index in [1.54, 1.807) is 6.92 Å². The first-order chi connectivity index (χ1) is 7.37. The number of aromatic nitrogens is 2. The Labute approximate surface area is 94.3 Å². The summed E-state index contributed by atoms with van der Waals surface area (Å²) in [5.41, 5.74) is 1.98. The second-order valence-electron chi connectivity index (χ2n) is 4.48. The van der Waals surface area contributed by atoms with E-state index in [0.29, 0.717) is 18.1 Å². The van der Waals surface area contributed by atoms with Gasteiger partial charge in [0.2, 0.25) is 11.8 Å². The van der Waals surface area contributed by atoms with Crippen molar-refractivity contribution in [1.82, 2.24) is 15.6 Å². The minimum atomic E-state index is -0.392. The molecule has 1 amide bonds. The molecule has 0 unspecified atom stereocenters. The van der Waals surface area contributed by atoms with Crippen LogP contribution in [-0.2, 0) is 16.1 Å². The summed E-state index contributed by atoms with van der Waals surface area (Å²) < 4.78 is 4.88. The van der Waals surface area contributed by atoms with Crippen molar-refractivity contribution in [2.24, 2.45) is 0 Å². The van der Waals surface area contributed by atoms with Gasteiger partial charge in [-0.3, -0.25) is 9.63 Å². The molecule has 0 fully saturated rings. The lowest BCUT2D eigenvalue weighted by Crippen LogP contribution is -2.33. The summed E-state index contributed by atoms with van der Waals surface area (Å²) in [4.78, 5) is 20.5. The smallest absolute Gasteiger partial charge is 0.244 e. The summed E-state index contributed by atoms with van der Waals surface area (Å²) in [5, 5.41) is 3.63. The Kier molecular flexibility index (Phi) is 4.00. The van der Waals surface area contributed by atoms with E-state index in [1.165, 1.54) is 0 Å². The zero-order valence-electron chi connectivity index (χ0n) is 10.0. The van der Waals surface area contributed by atoms with E-state index in [0.717, 1.165) is 0 Å². The Morgan fingerprint density at radius 3 is 2.69 bits per heavy atom. The summed E-state index contributed by atoms with van der Waals surface area (Å²) in [6.07, 6.45) is 0.678. The number of aryl methyl sites for hydroxylation is 2. The molecule has 6 nitrogen and oxygen atoms in total. The topological polar surface area (TPSA) is 77.2 Å². The fourth-order valence-electron chi connectivity index (χ4n) is 0.923. The highest BCUT2D eigenvalue weighted by Crippen LogP contribution is 2.04. The van der Waals surface area contributed by atoms with Crippen molar-refractivity contribution >= 4 is 5.91 Å². The van der Waals surface area contributed by atoms with Gasteiger partial charge < -0.3 is 4.52 Å². The molecular weight excluding hydrogens is 210 g/mol. The van der Waals surface area contributed by atoms with E-state index < -0.39 is 5.60 Å². The fourth-order valence-corrected chi connectivity index (χ4v) is 0.923. The Bertz CT molecular complexity index is 354. The number of hydrogen-bond donors (Lipinski definition) is 1. The van der Waals surface area contributed by atoms with E-state index in [9.17, 15) is 4.79 Å². The first-order valence-electron chi connectivity index (χ1n) is 5.13. The number of hydrogen-bond acceptors (Lipinski definition) is 5. The second kappa shape index (κ2) is 5.07. The van der Waals surface area contributed by atoms with Gasteiger partial charge in [-0.2, -0.15) is 4.98 Å². The predicted octanol–water partition coefficient (Wildman–Crippen LogP) is 1.16. The van der Waals surface area contributed by atoms with Crippen LogP contribution in [0.1, 0.15) is 38.9 Å². The number of hydroxylamine groups is 1. The third kappa shape index (κ3) is 4.88. The molecule has 1 rings (SSSR count). The van der Waals surface area contributed by atoms with Gasteiger partial charge in [-0.15, -0.1) is 0 Å². The summed E-state index contributed by atoms with van der Waals surface area (Å²) in [5.74, 6) is 0.829. The zero-order valence-corrected chi connectivity index (χ0v) is 10.0. The van der Waals surface area contributed by atoms with Crippen molar-refractivity contribution in [1.29, 1.82) is 0 Å². The first-order valence-corrected chi connectivity index (χ1v) is 5.13. The lowest BCUT2D eigenvalue weighted by molar-refractivity contribution is -0.145. The predicted molar refractivity (Wildman–Crippen MR) is 56.3 cm³/mol. The van der Waals surface area contributed by atoms with Gasteiger partial charge in [-0.05, 0) is 27.7 Å². The number of amides is 1.